The highest BCUT2D eigenvalue weighted by Gasteiger charge is 2.51. The fraction of sp³-hybridized carbons (Fsp3) is 0.513. The van der Waals surface area contributed by atoms with Crippen LogP contribution in [-0.4, -0.2) is 63.3 Å². The first-order valence-electron chi connectivity index (χ1n) is 18.4. The lowest BCUT2D eigenvalue weighted by Gasteiger charge is -2.36. The molecule has 0 spiro atoms. The molecule has 3 aliphatic carbocycles. The summed E-state index contributed by atoms with van der Waals surface area (Å²) in [6.07, 6.45) is 9.31. The Kier molecular flexibility index (Phi) is 8.90. The zero-order valence-electron chi connectivity index (χ0n) is 29.2. The first kappa shape index (κ1) is 33.9. The molecule has 4 aliphatic rings. The number of aromatic amines is 1. The second kappa shape index (κ2) is 13.4. The van der Waals surface area contributed by atoms with Gasteiger partial charge in [0.15, 0.2) is 0 Å². The first-order chi connectivity index (χ1) is 24.6. The van der Waals surface area contributed by atoms with Gasteiger partial charge in [0, 0.05) is 37.3 Å². The number of hydrogen-bond donors (Lipinski definition) is 4. The van der Waals surface area contributed by atoms with E-state index in [1.54, 1.807) is 24.0 Å². The second-order valence-corrected chi connectivity index (χ2v) is 15.9. The van der Waals surface area contributed by atoms with Crippen LogP contribution < -0.4 is 16.0 Å². The van der Waals surface area contributed by atoms with Crippen LogP contribution in [0.25, 0.3) is 11.0 Å². The number of carbonyl (C=O) groups is 3. The van der Waals surface area contributed by atoms with Gasteiger partial charge in [0.25, 0.3) is 5.91 Å². The van der Waals surface area contributed by atoms with Crippen LogP contribution in [0.15, 0.2) is 54.7 Å². The van der Waals surface area contributed by atoms with Crippen LogP contribution in [0.3, 0.4) is 0 Å². The molecule has 0 radical (unpaired) electrons. The largest absolute Gasteiger partial charge is 0.380 e. The van der Waals surface area contributed by atoms with Crippen LogP contribution in [0.1, 0.15) is 97.7 Å². The first-order valence-corrected chi connectivity index (χ1v) is 18.7. The van der Waals surface area contributed by atoms with E-state index >= 15 is 0 Å². The van der Waals surface area contributed by atoms with Crippen LogP contribution in [0, 0.1) is 17.3 Å². The van der Waals surface area contributed by atoms with Crippen molar-refractivity contribution in [2.24, 2.45) is 24.3 Å². The van der Waals surface area contributed by atoms with Crippen molar-refractivity contribution in [3.05, 3.63) is 82.4 Å². The van der Waals surface area contributed by atoms with Crippen molar-refractivity contribution in [1.29, 1.82) is 0 Å². The second-order valence-electron chi connectivity index (χ2n) is 15.5. The van der Waals surface area contributed by atoms with E-state index in [0.717, 1.165) is 61.6 Å². The molecule has 268 valence electrons. The van der Waals surface area contributed by atoms with Crippen LogP contribution in [0.2, 0.25) is 5.02 Å². The summed E-state index contributed by atoms with van der Waals surface area (Å²) in [7, 11) is 1.74. The number of aryl methyl sites for hydroxylation is 1. The third-order valence-electron chi connectivity index (χ3n) is 12.0. The lowest BCUT2D eigenvalue weighted by Crippen LogP contribution is -2.57. The van der Waals surface area contributed by atoms with Crippen molar-refractivity contribution >= 4 is 40.4 Å². The molecule has 2 aromatic heterocycles. The van der Waals surface area contributed by atoms with Crippen molar-refractivity contribution < 1.29 is 19.1 Å². The van der Waals surface area contributed by atoms with Gasteiger partial charge in [0.05, 0.1) is 29.1 Å². The monoisotopic (exact) mass is 711 g/mol. The molecule has 1 aliphatic heterocycles. The minimum Gasteiger partial charge on any atom is -0.380 e. The van der Waals surface area contributed by atoms with Crippen molar-refractivity contribution in [2.75, 3.05) is 19.8 Å². The minimum atomic E-state index is -0.958. The molecular weight excluding hydrogens is 666 g/mol. The molecule has 3 amide bonds. The van der Waals surface area contributed by atoms with E-state index in [1.807, 2.05) is 42.5 Å². The maximum absolute atomic E-state index is 14.3. The van der Waals surface area contributed by atoms with Gasteiger partial charge in [0.2, 0.25) is 11.8 Å². The Balaban J connectivity index is 1.13. The van der Waals surface area contributed by atoms with Gasteiger partial charge in [-0.1, -0.05) is 49.2 Å². The standard InChI is InChI=1S/C39H46ClN7O4/c1-38(15-16-38)31(26-8-3-4-9-27(26)40)33(45-35(48)30-14-18-42-47(30)2)34-43-28-13-12-25(20-29(28)44-34)39(17-19-51-22-39)37(50)46-32(24-6-5-7-24)36(49)41-21-23-10-11-23/h3-4,8-9,12-14,18,20,23-24,31-33H,5-7,10-11,15-17,19,21-22H2,1-2H3,(H,41,49)(H,43,44)(H,45,48)(H,46,50)/t31-,32+,33-,39?/m0/s1. The molecule has 1 unspecified atom stereocenters. The summed E-state index contributed by atoms with van der Waals surface area (Å²) in [5.41, 5.74) is 2.59. The summed E-state index contributed by atoms with van der Waals surface area (Å²) in [6.45, 7) is 3.57. The van der Waals surface area contributed by atoms with E-state index in [-0.39, 0.29) is 41.6 Å². The van der Waals surface area contributed by atoms with Gasteiger partial charge >= 0.3 is 0 Å². The molecule has 12 heteroatoms. The maximum Gasteiger partial charge on any atom is 0.270 e. The van der Waals surface area contributed by atoms with Crippen molar-refractivity contribution in [3.63, 3.8) is 0 Å². The van der Waals surface area contributed by atoms with Gasteiger partial charge in [0.1, 0.15) is 17.6 Å². The Morgan fingerprint density at radius 2 is 1.86 bits per heavy atom. The lowest BCUT2D eigenvalue weighted by atomic mass is 9.76. The number of benzene rings is 2. The summed E-state index contributed by atoms with van der Waals surface area (Å²) in [6, 6.07) is 14.3. The molecule has 3 saturated carbocycles. The molecule has 4 N–H and O–H groups in total. The highest BCUT2D eigenvalue weighted by Crippen LogP contribution is 2.60. The van der Waals surface area contributed by atoms with Gasteiger partial charge in [-0.15, -0.1) is 0 Å². The maximum atomic E-state index is 14.3. The van der Waals surface area contributed by atoms with E-state index < -0.39 is 17.5 Å². The Hall–Kier alpha value is -4.22. The summed E-state index contributed by atoms with van der Waals surface area (Å²) in [5.74, 6) is 0.605. The number of ether oxygens (including phenoxy) is 1. The molecular formula is C39H46ClN7O4. The van der Waals surface area contributed by atoms with E-state index in [1.165, 1.54) is 0 Å². The van der Waals surface area contributed by atoms with Crippen molar-refractivity contribution in [3.8, 4) is 0 Å². The number of nitrogens with one attached hydrogen (secondary N) is 4. The molecule has 4 atom stereocenters. The quantitative estimate of drug-likeness (QED) is 0.145. The molecule has 11 nitrogen and oxygen atoms in total. The molecule has 51 heavy (non-hydrogen) atoms. The molecule has 4 aromatic rings. The zero-order chi connectivity index (χ0) is 35.3. The van der Waals surface area contributed by atoms with E-state index in [2.05, 4.69) is 33.0 Å². The molecule has 8 rings (SSSR count). The van der Waals surface area contributed by atoms with Crippen LogP contribution in [-0.2, 0) is 26.8 Å². The average Bonchev–Trinajstić information content (AvgIpc) is 3.87. The fourth-order valence-electron chi connectivity index (χ4n) is 8.01. The zero-order valence-corrected chi connectivity index (χ0v) is 30.0. The number of hydrogen-bond acceptors (Lipinski definition) is 6. The van der Waals surface area contributed by atoms with Gasteiger partial charge in [-0.2, -0.15) is 5.10 Å². The smallest absolute Gasteiger partial charge is 0.270 e. The Morgan fingerprint density at radius 3 is 2.51 bits per heavy atom. The van der Waals surface area contributed by atoms with E-state index in [9.17, 15) is 14.4 Å². The minimum absolute atomic E-state index is 0.0851. The van der Waals surface area contributed by atoms with Gasteiger partial charge in [-0.25, -0.2) is 4.98 Å². The van der Waals surface area contributed by atoms with E-state index in [0.29, 0.717) is 47.5 Å². The summed E-state index contributed by atoms with van der Waals surface area (Å²) >= 11 is 6.85. The predicted molar refractivity (Wildman–Crippen MR) is 193 cm³/mol. The highest BCUT2D eigenvalue weighted by molar-refractivity contribution is 6.31. The fourth-order valence-corrected chi connectivity index (χ4v) is 8.27. The number of halogens is 1. The third-order valence-corrected chi connectivity index (χ3v) is 12.3. The Bertz CT molecular complexity index is 1950. The van der Waals surface area contributed by atoms with Gasteiger partial charge < -0.3 is 25.7 Å². The van der Waals surface area contributed by atoms with Gasteiger partial charge in [-0.3, -0.25) is 19.1 Å². The third kappa shape index (κ3) is 6.55. The summed E-state index contributed by atoms with van der Waals surface area (Å²) < 4.78 is 7.45. The number of carbonyl (C=O) groups excluding carboxylic acids is 3. The SMILES string of the molecule is Cn1nccc1C(=O)N[C@H](c1nc2cc(C3(C(=O)N[C@@H](C(=O)NCC4CC4)C4CCC4)CCOC3)ccc2[nH]1)[C@H](c1ccccc1Cl)C1(C)CC1. The molecule has 1 saturated heterocycles. The van der Waals surface area contributed by atoms with Crippen molar-refractivity contribution in [2.45, 2.75) is 81.7 Å². The summed E-state index contributed by atoms with van der Waals surface area (Å²) in [5, 5.41) is 14.5. The number of nitrogens with zero attached hydrogens (tertiary/aromatic N) is 3. The average molecular weight is 712 g/mol. The highest BCUT2D eigenvalue weighted by atomic mass is 35.5. The Morgan fingerprint density at radius 1 is 1.06 bits per heavy atom. The van der Waals surface area contributed by atoms with Crippen molar-refractivity contribution in [1.82, 2.24) is 35.7 Å². The van der Waals surface area contributed by atoms with Crippen LogP contribution >= 0.6 is 11.6 Å². The predicted octanol–water partition coefficient (Wildman–Crippen LogP) is 5.47. The number of amides is 3. The van der Waals surface area contributed by atoms with Crippen LogP contribution in [0.4, 0.5) is 0 Å². The molecule has 3 heterocycles. The molecule has 0 bridgehead atoms. The van der Waals surface area contributed by atoms with E-state index in [4.69, 9.17) is 21.3 Å². The number of rotatable bonds is 13. The summed E-state index contributed by atoms with van der Waals surface area (Å²) in [4.78, 5) is 50.1. The number of aromatic nitrogens is 4. The normalized spacial score (nSPS) is 22.9. The molecule has 4 fully saturated rings. The number of H-pyrrole nitrogens is 1. The Labute approximate surface area is 302 Å². The number of imidazole rings is 1. The lowest BCUT2D eigenvalue weighted by molar-refractivity contribution is -0.134. The van der Waals surface area contributed by atoms with Gasteiger partial charge in [-0.05, 0) is 97.6 Å². The molecule has 2 aromatic carbocycles. The van der Waals surface area contributed by atoms with Crippen LogP contribution in [0.5, 0.6) is 0 Å². The topological polar surface area (TPSA) is 143 Å². The number of fused-ring (bicyclic) bond motifs is 1.